The van der Waals surface area contributed by atoms with Gasteiger partial charge in [0.2, 0.25) is 0 Å². The SMILES string of the molecule is PC1(C2CCCCC2)CC1. The molecule has 0 aliphatic heterocycles. The Morgan fingerprint density at radius 3 is 2.10 bits per heavy atom. The Labute approximate surface area is 66.0 Å². The highest BCUT2D eigenvalue weighted by Crippen LogP contribution is 2.54. The van der Waals surface area contributed by atoms with E-state index in [-0.39, 0.29) is 0 Å². The van der Waals surface area contributed by atoms with Crippen LogP contribution in [0.15, 0.2) is 0 Å². The second-order valence-corrected chi connectivity index (χ2v) is 5.22. The molecule has 10 heavy (non-hydrogen) atoms. The normalized spacial score (nSPS) is 32.1. The summed E-state index contributed by atoms with van der Waals surface area (Å²) < 4.78 is 0. The molecule has 0 N–H and O–H groups in total. The molecule has 0 spiro atoms. The van der Waals surface area contributed by atoms with E-state index in [0.29, 0.717) is 0 Å². The number of hydrogen-bond donors (Lipinski definition) is 0. The molecule has 1 heteroatoms. The molecule has 0 aromatic rings. The van der Waals surface area contributed by atoms with Crippen molar-refractivity contribution in [2.75, 3.05) is 0 Å². The molecule has 0 bridgehead atoms. The second-order valence-electron chi connectivity index (χ2n) is 4.07. The Hall–Kier alpha value is 0.430. The highest BCUT2D eigenvalue weighted by Gasteiger charge is 2.44. The molecule has 2 fully saturated rings. The fourth-order valence-electron chi connectivity index (χ4n) is 2.23. The van der Waals surface area contributed by atoms with E-state index in [9.17, 15) is 0 Å². The molecule has 0 radical (unpaired) electrons. The van der Waals surface area contributed by atoms with Crippen LogP contribution in [0.4, 0.5) is 0 Å². The van der Waals surface area contributed by atoms with Crippen LogP contribution in [0, 0.1) is 5.92 Å². The highest BCUT2D eigenvalue weighted by atomic mass is 31.0. The molecule has 1 unspecified atom stereocenters. The summed E-state index contributed by atoms with van der Waals surface area (Å²) in [5.74, 6) is 1.08. The summed E-state index contributed by atoms with van der Waals surface area (Å²) in [5.41, 5.74) is 0. The number of hydrogen-bond acceptors (Lipinski definition) is 0. The Morgan fingerprint density at radius 1 is 1.00 bits per heavy atom. The van der Waals surface area contributed by atoms with Crippen LogP contribution in [-0.4, -0.2) is 5.16 Å². The van der Waals surface area contributed by atoms with Crippen molar-refractivity contribution in [2.24, 2.45) is 5.92 Å². The molecular formula is C9H17P. The van der Waals surface area contributed by atoms with E-state index < -0.39 is 0 Å². The molecule has 2 aliphatic rings. The minimum atomic E-state index is 0.737. The van der Waals surface area contributed by atoms with E-state index in [2.05, 4.69) is 9.24 Å². The van der Waals surface area contributed by atoms with Gasteiger partial charge in [-0.3, -0.25) is 0 Å². The minimum Gasteiger partial charge on any atom is -0.131 e. The second kappa shape index (κ2) is 2.48. The van der Waals surface area contributed by atoms with Gasteiger partial charge in [0.05, 0.1) is 0 Å². The van der Waals surface area contributed by atoms with Crippen molar-refractivity contribution in [1.82, 2.24) is 0 Å². The quantitative estimate of drug-likeness (QED) is 0.512. The predicted octanol–water partition coefficient (Wildman–Crippen LogP) is 2.97. The first-order chi connectivity index (χ1) is 4.81. The zero-order valence-electron chi connectivity index (χ0n) is 6.60. The molecule has 2 saturated carbocycles. The number of rotatable bonds is 1. The molecule has 2 rings (SSSR count). The topological polar surface area (TPSA) is 0 Å². The maximum absolute atomic E-state index is 3.09. The first kappa shape index (κ1) is 7.10. The van der Waals surface area contributed by atoms with Gasteiger partial charge in [-0.2, -0.15) is 0 Å². The summed E-state index contributed by atoms with van der Waals surface area (Å²) in [6, 6.07) is 0. The highest BCUT2D eigenvalue weighted by molar-refractivity contribution is 7.19. The first-order valence-corrected chi connectivity index (χ1v) is 5.18. The van der Waals surface area contributed by atoms with Gasteiger partial charge in [-0.1, -0.05) is 19.3 Å². The van der Waals surface area contributed by atoms with E-state index in [1.165, 1.54) is 44.9 Å². The van der Waals surface area contributed by atoms with Crippen molar-refractivity contribution in [1.29, 1.82) is 0 Å². The monoisotopic (exact) mass is 156 g/mol. The summed E-state index contributed by atoms with van der Waals surface area (Å²) in [4.78, 5) is 0. The first-order valence-electron chi connectivity index (χ1n) is 4.60. The lowest BCUT2D eigenvalue weighted by atomic mass is 9.85. The minimum absolute atomic E-state index is 0.737. The van der Waals surface area contributed by atoms with Crippen LogP contribution in [0.1, 0.15) is 44.9 Å². The van der Waals surface area contributed by atoms with E-state index in [1.807, 2.05) is 0 Å². The Morgan fingerprint density at radius 2 is 1.60 bits per heavy atom. The van der Waals surface area contributed by atoms with Gasteiger partial charge in [0.15, 0.2) is 0 Å². The van der Waals surface area contributed by atoms with Gasteiger partial charge < -0.3 is 0 Å². The van der Waals surface area contributed by atoms with Crippen LogP contribution in [0.3, 0.4) is 0 Å². The van der Waals surface area contributed by atoms with Crippen LogP contribution in [0.2, 0.25) is 0 Å². The zero-order chi connectivity index (χ0) is 7.03. The van der Waals surface area contributed by atoms with Crippen molar-refractivity contribution in [3.05, 3.63) is 0 Å². The van der Waals surface area contributed by atoms with Gasteiger partial charge in [-0.25, -0.2) is 0 Å². The van der Waals surface area contributed by atoms with Crippen molar-refractivity contribution >= 4 is 9.24 Å². The fourth-order valence-corrected chi connectivity index (χ4v) is 2.71. The Kier molecular flexibility index (Phi) is 1.76. The molecule has 0 nitrogen and oxygen atoms in total. The molecule has 1 atom stereocenters. The van der Waals surface area contributed by atoms with Crippen LogP contribution in [-0.2, 0) is 0 Å². The summed E-state index contributed by atoms with van der Waals surface area (Å²) in [7, 11) is 3.09. The summed E-state index contributed by atoms with van der Waals surface area (Å²) in [6.45, 7) is 0. The van der Waals surface area contributed by atoms with Gasteiger partial charge in [0.1, 0.15) is 0 Å². The van der Waals surface area contributed by atoms with Gasteiger partial charge >= 0.3 is 0 Å². The molecule has 2 aliphatic carbocycles. The average molecular weight is 156 g/mol. The standard InChI is InChI=1S/C9H17P/c10-9(6-7-9)8-4-2-1-3-5-8/h8H,1-7,10H2. The Bertz CT molecular complexity index is 121. The Balaban J connectivity index is 1.91. The summed E-state index contributed by atoms with van der Waals surface area (Å²) in [5, 5.41) is 0.737. The maximum atomic E-state index is 3.09. The smallest absolute Gasteiger partial charge is 0.0121 e. The van der Waals surface area contributed by atoms with E-state index >= 15 is 0 Å². The van der Waals surface area contributed by atoms with Crippen molar-refractivity contribution in [3.63, 3.8) is 0 Å². The lowest BCUT2D eigenvalue weighted by Crippen LogP contribution is -2.18. The van der Waals surface area contributed by atoms with Crippen molar-refractivity contribution in [2.45, 2.75) is 50.1 Å². The molecule has 0 aromatic carbocycles. The molecule has 0 amide bonds. The third-order valence-corrected chi connectivity index (χ3v) is 4.29. The van der Waals surface area contributed by atoms with Crippen molar-refractivity contribution in [3.8, 4) is 0 Å². The third-order valence-electron chi connectivity index (χ3n) is 3.25. The molecule has 0 aromatic heterocycles. The maximum Gasteiger partial charge on any atom is -0.0121 e. The van der Waals surface area contributed by atoms with Crippen molar-refractivity contribution < 1.29 is 0 Å². The zero-order valence-corrected chi connectivity index (χ0v) is 7.76. The van der Waals surface area contributed by atoms with Gasteiger partial charge in [0.25, 0.3) is 0 Å². The molecule has 0 saturated heterocycles. The fraction of sp³-hybridized carbons (Fsp3) is 1.00. The lowest BCUT2D eigenvalue weighted by Gasteiger charge is -2.27. The van der Waals surface area contributed by atoms with Crippen LogP contribution < -0.4 is 0 Å². The molecule has 0 heterocycles. The van der Waals surface area contributed by atoms with Gasteiger partial charge in [-0.15, -0.1) is 9.24 Å². The molecule has 58 valence electrons. The van der Waals surface area contributed by atoms with Crippen LogP contribution in [0.25, 0.3) is 0 Å². The van der Waals surface area contributed by atoms with E-state index in [4.69, 9.17) is 0 Å². The predicted molar refractivity (Wildman–Crippen MR) is 48.3 cm³/mol. The van der Waals surface area contributed by atoms with Crippen LogP contribution >= 0.6 is 9.24 Å². The third kappa shape index (κ3) is 1.23. The largest absolute Gasteiger partial charge is 0.131 e. The van der Waals surface area contributed by atoms with E-state index in [1.54, 1.807) is 0 Å². The summed E-state index contributed by atoms with van der Waals surface area (Å²) >= 11 is 0. The summed E-state index contributed by atoms with van der Waals surface area (Å²) in [6.07, 6.45) is 10.5. The van der Waals surface area contributed by atoms with E-state index in [0.717, 1.165) is 11.1 Å². The lowest BCUT2D eigenvalue weighted by molar-refractivity contribution is 0.340. The van der Waals surface area contributed by atoms with Gasteiger partial charge in [0, 0.05) is 0 Å². The average Bonchev–Trinajstić information content (AvgIpc) is 2.72. The van der Waals surface area contributed by atoms with Crippen LogP contribution in [0.5, 0.6) is 0 Å². The molecular weight excluding hydrogens is 139 g/mol. The van der Waals surface area contributed by atoms with Gasteiger partial charge in [-0.05, 0) is 36.8 Å².